The van der Waals surface area contributed by atoms with Crippen molar-refractivity contribution < 1.29 is 19.4 Å². The molecule has 1 aliphatic rings. The molecule has 138 valence electrons. The van der Waals surface area contributed by atoms with Gasteiger partial charge in [0.15, 0.2) is 5.17 Å². The summed E-state index contributed by atoms with van der Waals surface area (Å²) in [6.07, 6.45) is 1.62. The van der Waals surface area contributed by atoms with Gasteiger partial charge in [-0.3, -0.25) is 4.79 Å². The highest BCUT2D eigenvalue weighted by Crippen LogP contribution is 2.31. The summed E-state index contributed by atoms with van der Waals surface area (Å²) in [7, 11) is 0. The number of aliphatic imine (C=N–C) groups is 1. The molecule has 1 saturated heterocycles. The number of rotatable bonds is 5. The fraction of sp³-hybridized carbons (Fsp3) is 0.150. The highest BCUT2D eigenvalue weighted by atomic mass is 32.2. The van der Waals surface area contributed by atoms with E-state index in [-0.39, 0.29) is 11.5 Å². The van der Waals surface area contributed by atoms with Gasteiger partial charge >= 0.3 is 5.97 Å². The highest BCUT2D eigenvalue weighted by molar-refractivity contribution is 8.18. The van der Waals surface area contributed by atoms with Gasteiger partial charge in [0, 0.05) is 5.56 Å². The van der Waals surface area contributed by atoms with Crippen LogP contribution in [0, 0.1) is 6.92 Å². The summed E-state index contributed by atoms with van der Waals surface area (Å²) in [6.45, 7) is 4.26. The van der Waals surface area contributed by atoms with E-state index in [1.807, 2.05) is 38.1 Å². The molecule has 1 heterocycles. The average Bonchev–Trinajstić information content (AvgIpc) is 2.97. The first kappa shape index (κ1) is 18.7. The van der Waals surface area contributed by atoms with E-state index in [0.29, 0.717) is 28.0 Å². The van der Waals surface area contributed by atoms with Gasteiger partial charge in [0.1, 0.15) is 5.75 Å². The summed E-state index contributed by atoms with van der Waals surface area (Å²) in [4.78, 5) is 28.4. The van der Waals surface area contributed by atoms with Gasteiger partial charge in [0.25, 0.3) is 5.91 Å². The molecule has 2 aromatic rings. The predicted molar refractivity (Wildman–Crippen MR) is 107 cm³/mol. The lowest BCUT2D eigenvalue weighted by atomic mass is 10.1. The molecule has 27 heavy (non-hydrogen) atoms. The summed E-state index contributed by atoms with van der Waals surface area (Å²) in [5.74, 6) is -0.802. The van der Waals surface area contributed by atoms with E-state index >= 15 is 0 Å². The van der Waals surface area contributed by atoms with Crippen LogP contribution in [0.4, 0.5) is 5.69 Å². The second kappa shape index (κ2) is 8.09. The third kappa shape index (κ3) is 4.57. The largest absolute Gasteiger partial charge is 0.493 e. The lowest BCUT2D eigenvalue weighted by Crippen LogP contribution is -2.19. The topological polar surface area (TPSA) is 88.0 Å². The number of amides is 1. The summed E-state index contributed by atoms with van der Waals surface area (Å²) < 4.78 is 5.54. The summed E-state index contributed by atoms with van der Waals surface area (Å²) in [5, 5.41) is 12.4. The minimum absolute atomic E-state index is 0.127. The number of amidine groups is 1. The van der Waals surface area contributed by atoms with Gasteiger partial charge in [-0.05, 0) is 62.0 Å². The number of aryl methyl sites for hydroxylation is 1. The van der Waals surface area contributed by atoms with Crippen LogP contribution in [0.5, 0.6) is 5.75 Å². The van der Waals surface area contributed by atoms with Crippen LogP contribution in [-0.4, -0.2) is 28.8 Å². The van der Waals surface area contributed by atoms with Crippen LogP contribution in [-0.2, 0) is 4.79 Å². The van der Waals surface area contributed by atoms with Gasteiger partial charge in [0.05, 0.1) is 22.8 Å². The van der Waals surface area contributed by atoms with Crippen molar-refractivity contribution >= 4 is 40.6 Å². The van der Waals surface area contributed by atoms with Crippen LogP contribution in [0.2, 0.25) is 0 Å². The van der Waals surface area contributed by atoms with Crippen molar-refractivity contribution in [3.63, 3.8) is 0 Å². The van der Waals surface area contributed by atoms with Crippen molar-refractivity contribution in [1.29, 1.82) is 0 Å². The zero-order chi connectivity index (χ0) is 19.4. The Labute approximate surface area is 161 Å². The normalized spacial score (nSPS) is 16.6. The van der Waals surface area contributed by atoms with Crippen molar-refractivity contribution in [1.82, 2.24) is 5.32 Å². The van der Waals surface area contributed by atoms with E-state index in [2.05, 4.69) is 10.3 Å². The Bertz CT molecular complexity index is 949. The minimum Gasteiger partial charge on any atom is -0.493 e. The second-order valence-corrected chi connectivity index (χ2v) is 6.84. The number of benzene rings is 2. The Kier molecular flexibility index (Phi) is 5.61. The van der Waals surface area contributed by atoms with E-state index in [0.717, 1.165) is 11.3 Å². The quantitative estimate of drug-likeness (QED) is 0.764. The maximum atomic E-state index is 12.3. The lowest BCUT2D eigenvalue weighted by molar-refractivity contribution is -0.115. The molecule has 7 heteroatoms. The van der Waals surface area contributed by atoms with Gasteiger partial charge in [-0.15, -0.1) is 0 Å². The van der Waals surface area contributed by atoms with E-state index in [1.54, 1.807) is 12.1 Å². The molecule has 0 atom stereocenters. The molecule has 2 aromatic carbocycles. The van der Waals surface area contributed by atoms with Crippen LogP contribution in [0.25, 0.3) is 6.08 Å². The monoisotopic (exact) mass is 382 g/mol. The Balaban J connectivity index is 1.90. The summed E-state index contributed by atoms with van der Waals surface area (Å²) >= 11 is 1.20. The number of hydrogen-bond acceptors (Lipinski definition) is 5. The molecule has 1 fully saturated rings. The number of aromatic carboxylic acids is 1. The third-order valence-electron chi connectivity index (χ3n) is 3.76. The molecular formula is C20H18N2O4S. The first-order chi connectivity index (χ1) is 13.0. The predicted octanol–water partition coefficient (Wildman–Crippen LogP) is 3.98. The van der Waals surface area contributed by atoms with E-state index in [9.17, 15) is 14.7 Å². The molecule has 0 radical (unpaired) electrons. The zero-order valence-electron chi connectivity index (χ0n) is 14.9. The maximum Gasteiger partial charge on any atom is 0.335 e. The summed E-state index contributed by atoms with van der Waals surface area (Å²) in [6, 6.07) is 12.2. The van der Waals surface area contributed by atoms with Gasteiger partial charge in [-0.2, -0.15) is 0 Å². The number of carbonyl (C=O) groups excluding carboxylic acids is 1. The van der Waals surface area contributed by atoms with Crippen LogP contribution >= 0.6 is 11.8 Å². The van der Waals surface area contributed by atoms with Crippen molar-refractivity contribution in [2.45, 2.75) is 13.8 Å². The van der Waals surface area contributed by atoms with Gasteiger partial charge in [0.2, 0.25) is 0 Å². The fourth-order valence-electron chi connectivity index (χ4n) is 2.44. The first-order valence-corrected chi connectivity index (χ1v) is 9.14. The Morgan fingerprint density at radius 2 is 2.00 bits per heavy atom. The smallest absolute Gasteiger partial charge is 0.335 e. The number of nitrogens with one attached hydrogen (secondary N) is 1. The maximum absolute atomic E-state index is 12.3. The number of thioether (sulfide) groups is 1. The number of ether oxygens (including phenoxy) is 1. The average molecular weight is 382 g/mol. The standard InChI is InChI=1S/C20H18N2O4S/c1-3-26-16-9-6-13(19(24)25)10-14(16)11-17-18(23)22-20(27-17)21-15-7-4-12(2)5-8-15/h4-11H,3H2,1-2H3,(H,24,25)(H,21,22,23)/b17-11-. The van der Waals surface area contributed by atoms with Crippen molar-refractivity contribution in [2.75, 3.05) is 6.61 Å². The van der Waals surface area contributed by atoms with E-state index < -0.39 is 5.97 Å². The Morgan fingerprint density at radius 1 is 1.26 bits per heavy atom. The van der Waals surface area contributed by atoms with Crippen LogP contribution in [0.1, 0.15) is 28.4 Å². The molecule has 2 N–H and O–H groups in total. The molecule has 0 bridgehead atoms. The molecule has 1 amide bonds. The number of carbonyl (C=O) groups is 2. The van der Waals surface area contributed by atoms with Crippen LogP contribution in [0.15, 0.2) is 52.4 Å². The molecule has 0 aliphatic carbocycles. The third-order valence-corrected chi connectivity index (χ3v) is 4.67. The number of carboxylic acids is 1. The molecule has 6 nitrogen and oxygen atoms in total. The Hall–Kier alpha value is -3.06. The van der Waals surface area contributed by atoms with Crippen molar-refractivity contribution in [3.8, 4) is 5.75 Å². The Morgan fingerprint density at radius 3 is 2.67 bits per heavy atom. The first-order valence-electron chi connectivity index (χ1n) is 8.32. The number of nitrogens with zero attached hydrogens (tertiary/aromatic N) is 1. The van der Waals surface area contributed by atoms with Gasteiger partial charge in [-0.25, -0.2) is 9.79 Å². The zero-order valence-corrected chi connectivity index (χ0v) is 15.7. The van der Waals surface area contributed by atoms with Crippen molar-refractivity contribution in [2.24, 2.45) is 4.99 Å². The molecule has 0 saturated carbocycles. The molecule has 1 aliphatic heterocycles. The van der Waals surface area contributed by atoms with Gasteiger partial charge < -0.3 is 15.2 Å². The van der Waals surface area contributed by atoms with Crippen LogP contribution in [0.3, 0.4) is 0 Å². The van der Waals surface area contributed by atoms with Gasteiger partial charge in [-0.1, -0.05) is 17.7 Å². The lowest BCUT2D eigenvalue weighted by Gasteiger charge is -2.08. The van der Waals surface area contributed by atoms with Crippen molar-refractivity contribution in [3.05, 3.63) is 64.1 Å². The fourth-order valence-corrected chi connectivity index (χ4v) is 3.27. The van der Waals surface area contributed by atoms with E-state index in [4.69, 9.17) is 4.74 Å². The second-order valence-electron chi connectivity index (χ2n) is 5.81. The minimum atomic E-state index is -1.04. The highest BCUT2D eigenvalue weighted by Gasteiger charge is 2.24. The number of carboxylic acid groups (broad SMARTS) is 1. The number of hydrogen-bond donors (Lipinski definition) is 2. The SMILES string of the molecule is CCOc1ccc(C(=O)O)cc1/C=C1\SC(=Nc2ccc(C)cc2)NC1=O. The van der Waals surface area contributed by atoms with Crippen LogP contribution < -0.4 is 10.1 Å². The molecule has 3 rings (SSSR count). The molecule has 0 unspecified atom stereocenters. The molecular weight excluding hydrogens is 364 g/mol. The summed E-state index contributed by atoms with van der Waals surface area (Å²) in [5.41, 5.74) is 2.53. The van der Waals surface area contributed by atoms with E-state index in [1.165, 1.54) is 23.9 Å². The molecule has 0 aromatic heterocycles. The molecule has 0 spiro atoms.